The molecule has 0 saturated carbocycles. The van der Waals surface area contributed by atoms with Gasteiger partial charge in [0.05, 0.1) is 4.90 Å². The van der Waals surface area contributed by atoms with Crippen LogP contribution in [-0.2, 0) is 10.0 Å². The molecule has 0 aliphatic heterocycles. The number of nitrogens with two attached hydrogens (primary N) is 1. The lowest BCUT2D eigenvalue weighted by atomic mass is 10.2. The van der Waals surface area contributed by atoms with Crippen LogP contribution < -0.4 is 10.5 Å². The number of nitrogens with one attached hydrogen (secondary N) is 1. The smallest absolute Gasteiger partial charge is 0.240 e. The van der Waals surface area contributed by atoms with Crippen LogP contribution in [0, 0.1) is 5.82 Å². The van der Waals surface area contributed by atoms with E-state index in [1.54, 1.807) is 0 Å². The Balaban J connectivity index is 2.66. The van der Waals surface area contributed by atoms with Gasteiger partial charge in [-0.25, -0.2) is 17.5 Å². The fraction of sp³-hybridized carbons (Fsp3) is 0.455. The zero-order valence-corrected chi connectivity index (χ0v) is 10.5. The van der Waals surface area contributed by atoms with E-state index in [9.17, 15) is 12.8 Å². The molecule has 0 bridgehead atoms. The second kappa shape index (κ2) is 6.09. The normalized spacial score (nSPS) is 13.6. The fourth-order valence-electron chi connectivity index (χ4n) is 1.39. The van der Waals surface area contributed by atoms with E-state index in [4.69, 9.17) is 5.73 Å². The molecular weight excluding hydrogens is 243 g/mol. The Bertz CT molecular complexity index is 445. The lowest BCUT2D eigenvalue weighted by molar-refractivity contribution is 0.552. The van der Waals surface area contributed by atoms with Crippen LogP contribution >= 0.6 is 0 Å². The van der Waals surface area contributed by atoms with Crippen LogP contribution in [0.4, 0.5) is 4.39 Å². The highest BCUT2D eigenvalue weighted by Crippen LogP contribution is 2.09. The largest absolute Gasteiger partial charge is 0.327 e. The molecule has 4 nitrogen and oxygen atoms in total. The Morgan fingerprint density at radius 1 is 1.35 bits per heavy atom. The number of halogens is 1. The number of benzene rings is 1. The number of hydrogen-bond donors (Lipinski definition) is 2. The zero-order chi connectivity index (χ0) is 12.9. The van der Waals surface area contributed by atoms with Gasteiger partial charge in [0.25, 0.3) is 0 Å². The predicted molar refractivity (Wildman–Crippen MR) is 64.5 cm³/mol. The number of sulfonamides is 1. The van der Waals surface area contributed by atoms with Crippen LogP contribution in [0.3, 0.4) is 0 Å². The zero-order valence-electron chi connectivity index (χ0n) is 9.69. The van der Waals surface area contributed by atoms with Gasteiger partial charge in [-0.3, -0.25) is 0 Å². The third kappa shape index (κ3) is 4.41. The van der Waals surface area contributed by atoms with E-state index in [0.29, 0.717) is 0 Å². The molecule has 0 saturated heterocycles. The molecule has 0 amide bonds. The molecule has 0 aromatic heterocycles. The molecule has 6 heteroatoms. The lowest BCUT2D eigenvalue weighted by Gasteiger charge is -2.12. The Morgan fingerprint density at radius 3 is 2.47 bits per heavy atom. The molecule has 0 fully saturated rings. The maximum Gasteiger partial charge on any atom is 0.240 e. The molecule has 0 aliphatic carbocycles. The van der Waals surface area contributed by atoms with Gasteiger partial charge in [-0.15, -0.1) is 0 Å². The summed E-state index contributed by atoms with van der Waals surface area (Å²) in [4.78, 5) is 0.0441. The highest BCUT2D eigenvalue weighted by Gasteiger charge is 2.14. The third-order valence-corrected chi connectivity index (χ3v) is 3.76. The molecule has 17 heavy (non-hydrogen) atoms. The average molecular weight is 260 g/mol. The van der Waals surface area contributed by atoms with Crippen molar-refractivity contribution in [1.82, 2.24) is 4.72 Å². The molecule has 0 spiro atoms. The summed E-state index contributed by atoms with van der Waals surface area (Å²) in [5.41, 5.74) is 5.71. The van der Waals surface area contributed by atoms with Crippen molar-refractivity contribution < 1.29 is 12.8 Å². The predicted octanol–water partition coefficient (Wildman–Crippen LogP) is 1.23. The van der Waals surface area contributed by atoms with E-state index in [1.807, 2.05) is 6.92 Å². The Labute approximate surface area is 101 Å². The van der Waals surface area contributed by atoms with E-state index in [1.165, 1.54) is 12.1 Å². The monoisotopic (exact) mass is 260 g/mol. The van der Waals surface area contributed by atoms with Gasteiger partial charge >= 0.3 is 0 Å². The number of rotatable bonds is 6. The minimum atomic E-state index is -3.59. The van der Waals surface area contributed by atoms with E-state index >= 15 is 0 Å². The molecule has 96 valence electrons. The number of hydrogen-bond acceptors (Lipinski definition) is 3. The topological polar surface area (TPSA) is 72.2 Å². The van der Waals surface area contributed by atoms with Crippen LogP contribution in [0.1, 0.15) is 19.8 Å². The summed E-state index contributed by atoms with van der Waals surface area (Å²) in [5, 5.41) is 0. The van der Waals surface area contributed by atoms with Crippen molar-refractivity contribution in [3.63, 3.8) is 0 Å². The molecular formula is C11H17FN2O2S. The van der Waals surface area contributed by atoms with E-state index in [-0.39, 0.29) is 17.5 Å². The van der Waals surface area contributed by atoms with Gasteiger partial charge in [-0.05, 0) is 30.7 Å². The van der Waals surface area contributed by atoms with Crippen LogP contribution in [0.25, 0.3) is 0 Å². The van der Waals surface area contributed by atoms with E-state index in [0.717, 1.165) is 25.0 Å². The van der Waals surface area contributed by atoms with Crippen molar-refractivity contribution in [2.24, 2.45) is 5.73 Å². The quantitative estimate of drug-likeness (QED) is 0.808. The van der Waals surface area contributed by atoms with Gasteiger partial charge in [0.15, 0.2) is 0 Å². The highest BCUT2D eigenvalue weighted by atomic mass is 32.2. The summed E-state index contributed by atoms with van der Waals surface area (Å²) >= 11 is 0. The minimum absolute atomic E-state index is 0.0441. The van der Waals surface area contributed by atoms with Crippen LogP contribution in [0.2, 0.25) is 0 Å². The first-order chi connectivity index (χ1) is 7.95. The Kier molecular flexibility index (Phi) is 5.04. The molecule has 1 atom stereocenters. The summed E-state index contributed by atoms with van der Waals surface area (Å²) in [5.74, 6) is -0.466. The van der Waals surface area contributed by atoms with E-state index < -0.39 is 15.8 Å². The van der Waals surface area contributed by atoms with Crippen LogP contribution in [0.5, 0.6) is 0 Å². The van der Waals surface area contributed by atoms with Gasteiger partial charge in [-0.1, -0.05) is 13.3 Å². The molecule has 1 rings (SSSR count). The van der Waals surface area contributed by atoms with Crippen molar-refractivity contribution in [3.8, 4) is 0 Å². The van der Waals surface area contributed by atoms with Crippen molar-refractivity contribution in [2.75, 3.05) is 6.54 Å². The second-order valence-electron chi connectivity index (χ2n) is 3.85. The summed E-state index contributed by atoms with van der Waals surface area (Å²) in [6.45, 7) is 2.17. The lowest BCUT2D eigenvalue weighted by Crippen LogP contribution is -2.37. The highest BCUT2D eigenvalue weighted by molar-refractivity contribution is 7.89. The van der Waals surface area contributed by atoms with Crippen molar-refractivity contribution >= 4 is 10.0 Å². The summed E-state index contributed by atoms with van der Waals surface area (Å²) in [7, 11) is -3.59. The molecule has 0 heterocycles. The first-order valence-electron chi connectivity index (χ1n) is 5.46. The van der Waals surface area contributed by atoms with Gasteiger partial charge in [0, 0.05) is 12.6 Å². The summed E-state index contributed by atoms with van der Waals surface area (Å²) < 4.78 is 38.6. The Hall–Kier alpha value is -0.980. The first-order valence-corrected chi connectivity index (χ1v) is 6.95. The van der Waals surface area contributed by atoms with Gasteiger partial charge in [0.1, 0.15) is 5.82 Å². The van der Waals surface area contributed by atoms with Gasteiger partial charge in [0.2, 0.25) is 10.0 Å². The van der Waals surface area contributed by atoms with Crippen molar-refractivity contribution in [3.05, 3.63) is 30.1 Å². The van der Waals surface area contributed by atoms with Crippen molar-refractivity contribution in [1.29, 1.82) is 0 Å². The van der Waals surface area contributed by atoms with Crippen LogP contribution in [0.15, 0.2) is 29.2 Å². The Morgan fingerprint density at radius 2 is 1.94 bits per heavy atom. The molecule has 1 unspecified atom stereocenters. The standard InChI is InChI=1S/C11H17FN2O2S/c1-2-3-10(13)8-14-17(15,16)11-6-4-9(12)5-7-11/h4-7,10,14H,2-3,8,13H2,1H3. The van der Waals surface area contributed by atoms with Gasteiger partial charge < -0.3 is 5.73 Å². The second-order valence-corrected chi connectivity index (χ2v) is 5.62. The molecule has 1 aromatic carbocycles. The molecule has 0 radical (unpaired) electrons. The maximum absolute atomic E-state index is 12.7. The average Bonchev–Trinajstić information content (AvgIpc) is 2.28. The van der Waals surface area contributed by atoms with Crippen LogP contribution in [-0.4, -0.2) is 21.0 Å². The minimum Gasteiger partial charge on any atom is -0.327 e. The molecule has 3 N–H and O–H groups in total. The first kappa shape index (κ1) is 14.1. The molecule has 0 aliphatic rings. The summed E-state index contributed by atoms with van der Waals surface area (Å²) in [6, 6.07) is 4.47. The molecule has 1 aromatic rings. The maximum atomic E-state index is 12.7. The fourth-order valence-corrected chi connectivity index (χ4v) is 2.48. The third-order valence-electron chi connectivity index (χ3n) is 2.32. The van der Waals surface area contributed by atoms with E-state index in [2.05, 4.69) is 4.72 Å². The van der Waals surface area contributed by atoms with Gasteiger partial charge in [-0.2, -0.15) is 0 Å². The van der Waals surface area contributed by atoms with Crippen molar-refractivity contribution in [2.45, 2.75) is 30.7 Å². The summed E-state index contributed by atoms with van der Waals surface area (Å²) in [6.07, 6.45) is 1.66. The SMILES string of the molecule is CCCC(N)CNS(=O)(=O)c1ccc(F)cc1.